The number of alkyl halides is 2. The number of carbonyl (C=O) groups is 1. The third kappa shape index (κ3) is 6.31. The molecule has 0 atom stereocenters. The Kier molecular flexibility index (Phi) is 10.0. The highest BCUT2D eigenvalue weighted by Crippen LogP contribution is 2.19. The van der Waals surface area contributed by atoms with Crippen LogP contribution in [0.1, 0.15) is 11.1 Å². The van der Waals surface area contributed by atoms with E-state index < -0.39 is 0 Å². The summed E-state index contributed by atoms with van der Waals surface area (Å²) in [6, 6.07) is 5.95. The summed E-state index contributed by atoms with van der Waals surface area (Å²) in [5, 5.41) is 2.96. The number of nitrogens with zero attached hydrogens (tertiary/aromatic N) is 1. The van der Waals surface area contributed by atoms with Crippen LogP contribution in [0.15, 0.2) is 18.2 Å². The number of hydrogen-bond acceptors (Lipinski definition) is 2. The van der Waals surface area contributed by atoms with Crippen molar-refractivity contribution in [3.8, 4) is 0 Å². The van der Waals surface area contributed by atoms with Crippen LogP contribution in [0.2, 0.25) is 0 Å². The molecular weight excluding hydrogens is 319 g/mol. The SMILES string of the molecule is Cc1cccc(C)c1NC(=O)CN(CCCl)CCCl.Cl. The zero-order chi connectivity index (χ0) is 14.3. The number of carbonyl (C=O) groups excluding carboxylic acids is 1. The summed E-state index contributed by atoms with van der Waals surface area (Å²) in [5.74, 6) is 0.953. The number of nitrogens with one attached hydrogen (secondary N) is 1. The highest BCUT2D eigenvalue weighted by molar-refractivity contribution is 6.18. The van der Waals surface area contributed by atoms with E-state index >= 15 is 0 Å². The monoisotopic (exact) mass is 338 g/mol. The number of anilines is 1. The summed E-state index contributed by atoms with van der Waals surface area (Å²) in [6.07, 6.45) is 0. The van der Waals surface area contributed by atoms with Gasteiger partial charge in [-0.3, -0.25) is 9.69 Å². The van der Waals surface area contributed by atoms with E-state index in [0.29, 0.717) is 31.4 Å². The van der Waals surface area contributed by atoms with Crippen LogP contribution in [0.4, 0.5) is 5.69 Å². The van der Waals surface area contributed by atoms with E-state index in [1.54, 1.807) is 0 Å². The van der Waals surface area contributed by atoms with Gasteiger partial charge in [0.05, 0.1) is 6.54 Å². The van der Waals surface area contributed by atoms with Gasteiger partial charge in [0.2, 0.25) is 5.91 Å². The highest BCUT2D eigenvalue weighted by atomic mass is 35.5. The second-order valence-electron chi connectivity index (χ2n) is 4.47. The molecule has 0 bridgehead atoms. The van der Waals surface area contributed by atoms with Crippen molar-refractivity contribution in [2.45, 2.75) is 13.8 Å². The first-order chi connectivity index (χ1) is 9.08. The van der Waals surface area contributed by atoms with Crippen molar-refractivity contribution >= 4 is 47.2 Å². The lowest BCUT2D eigenvalue weighted by atomic mass is 10.1. The predicted molar refractivity (Wildman–Crippen MR) is 89.7 cm³/mol. The predicted octanol–water partition coefficient (Wildman–Crippen LogP) is 3.44. The summed E-state index contributed by atoms with van der Waals surface area (Å²) in [6.45, 7) is 5.60. The summed E-state index contributed by atoms with van der Waals surface area (Å²) < 4.78 is 0. The Morgan fingerprint density at radius 1 is 1.15 bits per heavy atom. The zero-order valence-electron chi connectivity index (χ0n) is 11.8. The standard InChI is InChI=1S/C14H20Cl2N2O.ClH/c1-11-4-3-5-12(2)14(11)17-13(19)10-18(8-6-15)9-7-16;/h3-5H,6-10H2,1-2H3,(H,17,19);1H. The average molecular weight is 340 g/mol. The van der Waals surface area contributed by atoms with Crippen LogP contribution in [-0.2, 0) is 4.79 Å². The van der Waals surface area contributed by atoms with Crippen molar-refractivity contribution in [1.82, 2.24) is 4.90 Å². The van der Waals surface area contributed by atoms with E-state index in [1.165, 1.54) is 0 Å². The maximum absolute atomic E-state index is 12.0. The molecule has 3 nitrogen and oxygen atoms in total. The van der Waals surface area contributed by atoms with Crippen LogP contribution in [0.5, 0.6) is 0 Å². The Labute approximate surface area is 137 Å². The molecule has 1 rings (SSSR count). The summed E-state index contributed by atoms with van der Waals surface area (Å²) in [7, 11) is 0. The molecule has 0 unspecified atom stereocenters. The van der Waals surface area contributed by atoms with Crippen LogP contribution < -0.4 is 5.32 Å². The molecule has 114 valence electrons. The second-order valence-corrected chi connectivity index (χ2v) is 5.23. The second kappa shape index (κ2) is 10.3. The Morgan fingerprint density at radius 3 is 2.10 bits per heavy atom. The summed E-state index contributed by atoms with van der Waals surface area (Å²) in [5.41, 5.74) is 3.02. The number of amides is 1. The number of aryl methyl sites for hydroxylation is 2. The average Bonchev–Trinajstić information content (AvgIpc) is 2.35. The van der Waals surface area contributed by atoms with E-state index in [4.69, 9.17) is 23.2 Å². The molecule has 0 aliphatic rings. The lowest BCUT2D eigenvalue weighted by molar-refractivity contribution is -0.117. The molecule has 0 radical (unpaired) electrons. The van der Waals surface area contributed by atoms with Gasteiger partial charge >= 0.3 is 0 Å². The van der Waals surface area contributed by atoms with E-state index in [9.17, 15) is 4.79 Å². The van der Waals surface area contributed by atoms with Crippen molar-refractivity contribution in [3.63, 3.8) is 0 Å². The van der Waals surface area contributed by atoms with Gasteiger partial charge in [0, 0.05) is 30.5 Å². The quantitative estimate of drug-likeness (QED) is 0.772. The molecule has 6 heteroatoms. The number of halogens is 3. The van der Waals surface area contributed by atoms with Crippen molar-refractivity contribution in [3.05, 3.63) is 29.3 Å². The first-order valence-electron chi connectivity index (χ1n) is 6.28. The van der Waals surface area contributed by atoms with Gasteiger partial charge in [0.1, 0.15) is 0 Å². The van der Waals surface area contributed by atoms with Crippen molar-refractivity contribution < 1.29 is 4.79 Å². The van der Waals surface area contributed by atoms with Gasteiger partial charge < -0.3 is 5.32 Å². The topological polar surface area (TPSA) is 32.3 Å². The van der Waals surface area contributed by atoms with Crippen molar-refractivity contribution in [1.29, 1.82) is 0 Å². The Balaban J connectivity index is 0.00000361. The number of benzene rings is 1. The van der Waals surface area contributed by atoms with Crippen LogP contribution in [0, 0.1) is 13.8 Å². The lowest BCUT2D eigenvalue weighted by Crippen LogP contribution is -2.36. The number of rotatable bonds is 7. The minimum absolute atomic E-state index is 0. The fraction of sp³-hybridized carbons (Fsp3) is 0.500. The molecule has 1 aromatic carbocycles. The van der Waals surface area contributed by atoms with Gasteiger partial charge in [-0.05, 0) is 25.0 Å². The van der Waals surface area contributed by atoms with Gasteiger partial charge in [-0.1, -0.05) is 18.2 Å². The molecule has 20 heavy (non-hydrogen) atoms. The maximum atomic E-state index is 12.0. The molecule has 0 saturated carbocycles. The van der Waals surface area contributed by atoms with Gasteiger partial charge in [-0.15, -0.1) is 35.6 Å². The van der Waals surface area contributed by atoms with Crippen LogP contribution in [0.25, 0.3) is 0 Å². The molecule has 0 aromatic heterocycles. The normalized spacial score (nSPS) is 10.2. The highest BCUT2D eigenvalue weighted by Gasteiger charge is 2.11. The van der Waals surface area contributed by atoms with Crippen molar-refractivity contribution in [2.24, 2.45) is 0 Å². The summed E-state index contributed by atoms with van der Waals surface area (Å²) >= 11 is 11.4. The van der Waals surface area contributed by atoms with Crippen LogP contribution in [0.3, 0.4) is 0 Å². The van der Waals surface area contributed by atoms with E-state index in [2.05, 4.69) is 5.32 Å². The first-order valence-corrected chi connectivity index (χ1v) is 7.35. The number of para-hydroxylation sites is 1. The van der Waals surface area contributed by atoms with Gasteiger partial charge in [-0.25, -0.2) is 0 Å². The fourth-order valence-corrected chi connectivity index (χ4v) is 2.38. The first kappa shape index (κ1) is 19.5. The molecule has 0 aliphatic heterocycles. The molecule has 0 saturated heterocycles. The molecule has 0 fully saturated rings. The molecule has 0 aliphatic carbocycles. The molecule has 1 aromatic rings. The third-order valence-electron chi connectivity index (χ3n) is 2.91. The summed E-state index contributed by atoms with van der Waals surface area (Å²) in [4.78, 5) is 14.0. The Morgan fingerprint density at radius 2 is 1.65 bits per heavy atom. The Hall–Kier alpha value is -0.480. The molecule has 1 N–H and O–H groups in total. The Bertz CT molecular complexity index is 401. The molecular formula is C14H21Cl3N2O. The maximum Gasteiger partial charge on any atom is 0.238 e. The molecule has 0 heterocycles. The molecule has 1 amide bonds. The van der Waals surface area contributed by atoms with E-state index in [-0.39, 0.29) is 18.3 Å². The molecule has 0 spiro atoms. The zero-order valence-corrected chi connectivity index (χ0v) is 14.1. The van der Waals surface area contributed by atoms with Gasteiger partial charge in [0.25, 0.3) is 0 Å². The minimum Gasteiger partial charge on any atom is -0.324 e. The van der Waals surface area contributed by atoms with Gasteiger partial charge in [-0.2, -0.15) is 0 Å². The van der Waals surface area contributed by atoms with E-state index in [1.807, 2.05) is 36.9 Å². The van der Waals surface area contributed by atoms with Crippen LogP contribution >= 0.6 is 35.6 Å². The minimum atomic E-state index is -0.0346. The smallest absolute Gasteiger partial charge is 0.238 e. The lowest BCUT2D eigenvalue weighted by Gasteiger charge is -2.20. The number of hydrogen-bond donors (Lipinski definition) is 1. The fourth-order valence-electron chi connectivity index (χ4n) is 1.90. The third-order valence-corrected chi connectivity index (χ3v) is 3.25. The van der Waals surface area contributed by atoms with Gasteiger partial charge in [0.15, 0.2) is 0 Å². The van der Waals surface area contributed by atoms with Crippen molar-refractivity contribution in [2.75, 3.05) is 36.7 Å². The van der Waals surface area contributed by atoms with E-state index in [0.717, 1.165) is 16.8 Å². The largest absolute Gasteiger partial charge is 0.324 e. The van der Waals surface area contributed by atoms with Crippen LogP contribution in [-0.4, -0.2) is 42.2 Å².